The fourth-order valence-corrected chi connectivity index (χ4v) is 3.16. The van der Waals surface area contributed by atoms with Crippen molar-refractivity contribution in [3.8, 4) is 28.3 Å². The summed E-state index contributed by atoms with van der Waals surface area (Å²) in [6, 6.07) is 10.3. The molecule has 0 amide bonds. The molecule has 5 nitrogen and oxygen atoms in total. The highest BCUT2D eigenvalue weighted by Crippen LogP contribution is 2.38. The number of nitrogens with one attached hydrogen (secondary N) is 1. The molecule has 0 fully saturated rings. The van der Waals surface area contributed by atoms with Crippen LogP contribution in [0.1, 0.15) is 5.56 Å². The van der Waals surface area contributed by atoms with E-state index in [4.69, 9.17) is 0 Å². The van der Waals surface area contributed by atoms with Crippen molar-refractivity contribution in [2.24, 2.45) is 0 Å². The maximum Gasteiger partial charge on any atom is 0.416 e. The predicted octanol–water partition coefficient (Wildman–Crippen LogP) is 4.55. The average Bonchev–Trinajstić information content (AvgIpc) is 2.96. The smallest absolute Gasteiger partial charge is 0.416 e. The third-order valence-corrected chi connectivity index (χ3v) is 4.48. The highest BCUT2D eigenvalue weighted by Gasteiger charge is 2.31. The van der Waals surface area contributed by atoms with Crippen LogP contribution in [0.3, 0.4) is 0 Å². The van der Waals surface area contributed by atoms with E-state index in [0.717, 1.165) is 34.9 Å². The summed E-state index contributed by atoms with van der Waals surface area (Å²) in [5, 5.41) is 20.4. The first-order valence-electron chi connectivity index (χ1n) is 8.29. The van der Waals surface area contributed by atoms with E-state index in [0.29, 0.717) is 0 Å². The summed E-state index contributed by atoms with van der Waals surface area (Å²) in [4.78, 5) is 14.8. The van der Waals surface area contributed by atoms with Crippen LogP contribution in [-0.2, 0) is 6.18 Å². The first-order chi connectivity index (χ1) is 13.6. The molecule has 29 heavy (non-hydrogen) atoms. The number of hydrogen-bond donors (Lipinski definition) is 3. The Labute approximate surface area is 160 Å². The number of imidazole rings is 1. The molecule has 4 rings (SSSR count). The van der Waals surface area contributed by atoms with Gasteiger partial charge in [0, 0.05) is 11.6 Å². The zero-order valence-corrected chi connectivity index (χ0v) is 14.5. The maximum absolute atomic E-state index is 13.6. The number of rotatable bonds is 2. The number of aromatic amines is 1. The molecule has 0 saturated heterocycles. The van der Waals surface area contributed by atoms with Crippen molar-refractivity contribution in [3.05, 3.63) is 76.5 Å². The molecule has 9 heteroatoms. The molecular weight excluding hydrogens is 392 g/mol. The number of phenols is 2. The Balaban J connectivity index is 1.95. The van der Waals surface area contributed by atoms with Crippen LogP contribution in [0.15, 0.2) is 59.4 Å². The maximum atomic E-state index is 13.6. The lowest BCUT2D eigenvalue weighted by Gasteiger charge is -2.12. The van der Waals surface area contributed by atoms with E-state index in [1.54, 1.807) is 0 Å². The molecule has 0 spiro atoms. The standard InChI is InChI=1S/C20H12F4N2O3/c21-12-3-1-2-10(6-12)13-8-16(18(28)9-17(13)27)26-15-5-4-11(20(22,23)24)7-14(15)25-19(26)29/h1-9,27-28H,(H,25,29). The van der Waals surface area contributed by atoms with E-state index in [-0.39, 0.29) is 33.6 Å². The van der Waals surface area contributed by atoms with Crippen LogP contribution in [0, 0.1) is 5.82 Å². The Hall–Kier alpha value is -3.75. The zero-order valence-electron chi connectivity index (χ0n) is 14.5. The summed E-state index contributed by atoms with van der Waals surface area (Å²) in [6.07, 6.45) is -4.58. The van der Waals surface area contributed by atoms with Crippen LogP contribution in [-0.4, -0.2) is 19.8 Å². The second kappa shape index (κ2) is 6.40. The first-order valence-corrected chi connectivity index (χ1v) is 8.29. The highest BCUT2D eigenvalue weighted by atomic mass is 19.4. The molecule has 0 bridgehead atoms. The molecule has 3 N–H and O–H groups in total. The van der Waals surface area contributed by atoms with Crippen LogP contribution in [0.25, 0.3) is 27.8 Å². The van der Waals surface area contributed by atoms with Crippen molar-refractivity contribution < 1.29 is 27.8 Å². The number of H-pyrrole nitrogens is 1. The van der Waals surface area contributed by atoms with Gasteiger partial charge in [0.05, 0.1) is 22.3 Å². The van der Waals surface area contributed by atoms with Crippen molar-refractivity contribution in [1.82, 2.24) is 9.55 Å². The molecule has 0 radical (unpaired) electrons. The minimum Gasteiger partial charge on any atom is -0.507 e. The molecule has 0 aliphatic heterocycles. The number of nitrogens with zero attached hydrogens (tertiary/aromatic N) is 1. The molecule has 148 valence electrons. The Bertz CT molecular complexity index is 1310. The van der Waals surface area contributed by atoms with E-state index in [9.17, 15) is 32.6 Å². The largest absolute Gasteiger partial charge is 0.507 e. The second-order valence-electron chi connectivity index (χ2n) is 6.36. The Morgan fingerprint density at radius 1 is 0.931 bits per heavy atom. The molecule has 0 unspecified atom stereocenters. The Morgan fingerprint density at radius 3 is 2.38 bits per heavy atom. The Morgan fingerprint density at radius 2 is 1.69 bits per heavy atom. The number of alkyl halides is 3. The number of benzene rings is 3. The predicted molar refractivity (Wildman–Crippen MR) is 97.6 cm³/mol. The van der Waals surface area contributed by atoms with Gasteiger partial charge in [0.2, 0.25) is 0 Å². The summed E-state index contributed by atoms with van der Waals surface area (Å²) in [7, 11) is 0. The van der Waals surface area contributed by atoms with E-state index >= 15 is 0 Å². The summed E-state index contributed by atoms with van der Waals surface area (Å²) in [5.41, 5.74) is -1.38. The van der Waals surface area contributed by atoms with Crippen LogP contribution in [0.2, 0.25) is 0 Å². The number of halogens is 4. The molecule has 0 atom stereocenters. The van der Waals surface area contributed by atoms with Gasteiger partial charge in [-0.05, 0) is 42.0 Å². The van der Waals surface area contributed by atoms with Gasteiger partial charge in [0.15, 0.2) is 0 Å². The number of aromatic nitrogens is 2. The molecule has 4 aromatic rings. The van der Waals surface area contributed by atoms with Gasteiger partial charge in [-0.15, -0.1) is 0 Å². The van der Waals surface area contributed by atoms with Crippen molar-refractivity contribution in [3.63, 3.8) is 0 Å². The van der Waals surface area contributed by atoms with Crippen LogP contribution < -0.4 is 5.69 Å². The summed E-state index contributed by atoms with van der Waals surface area (Å²) in [5.74, 6) is -1.39. The van der Waals surface area contributed by atoms with Crippen LogP contribution >= 0.6 is 0 Å². The van der Waals surface area contributed by atoms with E-state index in [1.165, 1.54) is 24.3 Å². The van der Waals surface area contributed by atoms with Gasteiger partial charge in [-0.1, -0.05) is 12.1 Å². The third-order valence-electron chi connectivity index (χ3n) is 4.48. The zero-order chi connectivity index (χ0) is 20.9. The fourth-order valence-electron chi connectivity index (χ4n) is 3.16. The third kappa shape index (κ3) is 3.20. The van der Waals surface area contributed by atoms with Gasteiger partial charge in [-0.3, -0.25) is 4.57 Å². The highest BCUT2D eigenvalue weighted by molar-refractivity contribution is 5.81. The second-order valence-corrected chi connectivity index (χ2v) is 6.36. The lowest BCUT2D eigenvalue weighted by atomic mass is 10.0. The summed E-state index contributed by atoms with van der Waals surface area (Å²) in [6.45, 7) is 0. The Kier molecular flexibility index (Phi) is 4.11. The topological polar surface area (TPSA) is 78.2 Å². The SMILES string of the molecule is O=c1[nH]c2cc(C(F)(F)F)ccc2n1-c1cc(-c2cccc(F)c2)c(O)cc1O. The molecule has 0 saturated carbocycles. The van der Waals surface area contributed by atoms with E-state index < -0.39 is 29.0 Å². The minimum atomic E-state index is -4.58. The molecule has 3 aromatic carbocycles. The first kappa shape index (κ1) is 18.6. The molecule has 1 aromatic heterocycles. The number of phenolic OH excluding ortho intramolecular Hbond substituents is 2. The van der Waals surface area contributed by atoms with Gasteiger partial charge in [-0.2, -0.15) is 13.2 Å². The molecule has 1 heterocycles. The number of aromatic hydroxyl groups is 2. The molecular formula is C20H12F4N2O3. The van der Waals surface area contributed by atoms with Gasteiger partial charge >= 0.3 is 11.9 Å². The minimum absolute atomic E-state index is 0.0791. The number of fused-ring (bicyclic) bond motifs is 1. The normalized spacial score (nSPS) is 11.9. The fraction of sp³-hybridized carbons (Fsp3) is 0.0500. The quantitative estimate of drug-likeness (QED) is 0.429. The van der Waals surface area contributed by atoms with E-state index in [2.05, 4.69) is 4.98 Å². The van der Waals surface area contributed by atoms with Crippen LogP contribution in [0.4, 0.5) is 17.6 Å². The molecule has 0 aliphatic carbocycles. The van der Waals surface area contributed by atoms with Crippen molar-refractivity contribution >= 4 is 11.0 Å². The summed E-state index contributed by atoms with van der Waals surface area (Å²) < 4.78 is 53.3. The molecule has 0 aliphatic rings. The van der Waals surface area contributed by atoms with Gasteiger partial charge in [0.25, 0.3) is 0 Å². The van der Waals surface area contributed by atoms with Crippen molar-refractivity contribution in [2.45, 2.75) is 6.18 Å². The lowest BCUT2D eigenvalue weighted by Crippen LogP contribution is -2.14. The van der Waals surface area contributed by atoms with E-state index in [1.807, 2.05) is 0 Å². The average molecular weight is 404 g/mol. The lowest BCUT2D eigenvalue weighted by molar-refractivity contribution is -0.137. The van der Waals surface area contributed by atoms with Gasteiger partial charge in [0.1, 0.15) is 17.3 Å². The van der Waals surface area contributed by atoms with Crippen molar-refractivity contribution in [1.29, 1.82) is 0 Å². The monoisotopic (exact) mass is 404 g/mol. The number of hydrogen-bond acceptors (Lipinski definition) is 3. The van der Waals surface area contributed by atoms with Gasteiger partial charge in [-0.25, -0.2) is 9.18 Å². The van der Waals surface area contributed by atoms with Crippen LogP contribution in [0.5, 0.6) is 11.5 Å². The summed E-state index contributed by atoms with van der Waals surface area (Å²) >= 11 is 0. The van der Waals surface area contributed by atoms with Crippen molar-refractivity contribution in [2.75, 3.05) is 0 Å². The van der Waals surface area contributed by atoms with Gasteiger partial charge < -0.3 is 15.2 Å².